The maximum atomic E-state index is 12.6. The summed E-state index contributed by atoms with van der Waals surface area (Å²) >= 11 is 3.43. The fraction of sp³-hybridized carbons (Fsp3) is 0.280. The number of halogens is 1. The Balaban J connectivity index is 1.32. The van der Waals surface area contributed by atoms with E-state index in [0.717, 1.165) is 60.6 Å². The van der Waals surface area contributed by atoms with Crippen molar-refractivity contribution in [3.63, 3.8) is 0 Å². The summed E-state index contributed by atoms with van der Waals surface area (Å²) in [5.41, 5.74) is 4.31. The second kappa shape index (κ2) is 10.6. The first kappa shape index (κ1) is 21.5. The molecule has 1 amide bonds. The normalized spacial score (nSPS) is 14.4. The Kier molecular flexibility index (Phi) is 7.33. The molecular formula is C25H27BrN4O. The Morgan fingerprint density at radius 1 is 0.903 bits per heavy atom. The minimum atomic E-state index is 0.00533. The molecule has 1 aliphatic rings. The van der Waals surface area contributed by atoms with Gasteiger partial charge in [0.1, 0.15) is 0 Å². The fourth-order valence-electron chi connectivity index (χ4n) is 3.89. The monoisotopic (exact) mass is 478 g/mol. The van der Waals surface area contributed by atoms with Crippen molar-refractivity contribution in [3.8, 4) is 0 Å². The van der Waals surface area contributed by atoms with E-state index in [1.54, 1.807) is 0 Å². The molecular weight excluding hydrogens is 452 g/mol. The summed E-state index contributed by atoms with van der Waals surface area (Å²) in [6.45, 7) is 5.01. The molecule has 1 saturated heterocycles. The SMILES string of the molecule is O=C(Cc1ccc(Br)cc1)Nc1ccccc1N1CCN(CCc2ccncc2)CC1. The summed E-state index contributed by atoms with van der Waals surface area (Å²) in [4.78, 5) is 21.6. The number of aromatic nitrogens is 1. The average Bonchev–Trinajstić information content (AvgIpc) is 2.81. The zero-order valence-electron chi connectivity index (χ0n) is 17.5. The number of hydrogen-bond acceptors (Lipinski definition) is 4. The van der Waals surface area contributed by atoms with Gasteiger partial charge in [0.2, 0.25) is 5.91 Å². The zero-order valence-corrected chi connectivity index (χ0v) is 19.1. The number of anilines is 2. The molecule has 0 radical (unpaired) electrons. The molecule has 3 aromatic rings. The van der Waals surface area contributed by atoms with Crippen LogP contribution in [-0.2, 0) is 17.6 Å². The van der Waals surface area contributed by atoms with Gasteiger partial charge in [0.25, 0.3) is 0 Å². The van der Waals surface area contributed by atoms with Crippen molar-refractivity contribution >= 4 is 33.2 Å². The molecule has 1 aromatic heterocycles. The third kappa shape index (κ3) is 6.15. The quantitative estimate of drug-likeness (QED) is 0.546. The third-order valence-corrected chi connectivity index (χ3v) is 6.16. The molecule has 0 aliphatic carbocycles. The van der Waals surface area contributed by atoms with Gasteiger partial charge in [-0.1, -0.05) is 40.2 Å². The number of rotatable bonds is 7. The standard InChI is InChI=1S/C25H27BrN4O/c26-22-7-5-21(6-8-22)19-25(31)28-23-3-1-2-4-24(23)30-17-15-29(16-18-30)14-11-20-9-12-27-13-10-20/h1-10,12-13H,11,14-19H2,(H,28,31). The molecule has 5 nitrogen and oxygen atoms in total. The van der Waals surface area contributed by atoms with E-state index in [1.165, 1.54) is 5.56 Å². The third-order valence-electron chi connectivity index (χ3n) is 5.64. The van der Waals surface area contributed by atoms with E-state index >= 15 is 0 Å². The Morgan fingerprint density at radius 3 is 2.35 bits per heavy atom. The number of carbonyl (C=O) groups excluding carboxylic acids is 1. The van der Waals surface area contributed by atoms with Crippen LogP contribution in [0.4, 0.5) is 11.4 Å². The van der Waals surface area contributed by atoms with Crippen molar-refractivity contribution in [1.82, 2.24) is 9.88 Å². The van der Waals surface area contributed by atoms with Gasteiger partial charge in [0.05, 0.1) is 17.8 Å². The van der Waals surface area contributed by atoms with Crippen LogP contribution in [0.1, 0.15) is 11.1 Å². The summed E-state index contributed by atoms with van der Waals surface area (Å²) in [5.74, 6) is 0.00533. The van der Waals surface area contributed by atoms with Crippen LogP contribution in [0.3, 0.4) is 0 Å². The molecule has 0 bridgehead atoms. The van der Waals surface area contributed by atoms with Gasteiger partial charge < -0.3 is 10.2 Å². The predicted octanol–water partition coefficient (Wildman–Crippen LogP) is 4.39. The van der Waals surface area contributed by atoms with E-state index in [9.17, 15) is 4.79 Å². The lowest BCUT2D eigenvalue weighted by Crippen LogP contribution is -2.47. The highest BCUT2D eigenvalue weighted by Crippen LogP contribution is 2.27. The van der Waals surface area contributed by atoms with Gasteiger partial charge in [-0.05, 0) is 53.9 Å². The summed E-state index contributed by atoms with van der Waals surface area (Å²) in [5, 5.41) is 3.12. The molecule has 31 heavy (non-hydrogen) atoms. The summed E-state index contributed by atoms with van der Waals surface area (Å²) in [6, 6.07) is 20.1. The predicted molar refractivity (Wildman–Crippen MR) is 130 cm³/mol. The summed E-state index contributed by atoms with van der Waals surface area (Å²) in [7, 11) is 0. The van der Waals surface area contributed by atoms with Crippen molar-refractivity contribution in [3.05, 3.63) is 88.7 Å². The van der Waals surface area contributed by atoms with E-state index in [2.05, 4.69) is 54.2 Å². The molecule has 160 valence electrons. The summed E-state index contributed by atoms with van der Waals surface area (Å²) < 4.78 is 1.02. The van der Waals surface area contributed by atoms with Crippen LogP contribution in [0.2, 0.25) is 0 Å². The number of benzene rings is 2. The Hall–Kier alpha value is -2.70. The number of pyridine rings is 1. The second-order valence-corrected chi connectivity index (χ2v) is 8.72. The van der Waals surface area contributed by atoms with Crippen LogP contribution in [0.15, 0.2) is 77.5 Å². The molecule has 1 fully saturated rings. The van der Waals surface area contributed by atoms with Gasteiger partial charge in [0.15, 0.2) is 0 Å². The molecule has 1 N–H and O–H groups in total. The topological polar surface area (TPSA) is 48.5 Å². The average molecular weight is 479 g/mol. The van der Waals surface area contributed by atoms with Crippen molar-refractivity contribution in [2.75, 3.05) is 42.9 Å². The first-order valence-electron chi connectivity index (χ1n) is 10.7. The van der Waals surface area contributed by atoms with Crippen LogP contribution in [-0.4, -0.2) is 48.5 Å². The van der Waals surface area contributed by atoms with Crippen LogP contribution < -0.4 is 10.2 Å². The maximum absolute atomic E-state index is 12.6. The highest BCUT2D eigenvalue weighted by atomic mass is 79.9. The minimum Gasteiger partial charge on any atom is -0.367 e. The van der Waals surface area contributed by atoms with Crippen molar-refractivity contribution in [1.29, 1.82) is 0 Å². The molecule has 1 aliphatic heterocycles. The molecule has 2 aromatic carbocycles. The first-order chi connectivity index (χ1) is 15.2. The van der Waals surface area contributed by atoms with Gasteiger partial charge in [-0.3, -0.25) is 14.7 Å². The molecule has 0 atom stereocenters. The van der Waals surface area contributed by atoms with Crippen molar-refractivity contribution in [2.24, 2.45) is 0 Å². The molecule has 2 heterocycles. The Morgan fingerprint density at radius 2 is 1.61 bits per heavy atom. The first-order valence-corrected chi connectivity index (χ1v) is 11.5. The van der Waals surface area contributed by atoms with Crippen molar-refractivity contribution in [2.45, 2.75) is 12.8 Å². The number of amides is 1. The van der Waals surface area contributed by atoms with Crippen molar-refractivity contribution < 1.29 is 4.79 Å². The highest BCUT2D eigenvalue weighted by Gasteiger charge is 2.19. The minimum absolute atomic E-state index is 0.00533. The second-order valence-electron chi connectivity index (χ2n) is 7.80. The summed E-state index contributed by atoms with van der Waals surface area (Å²) in [6.07, 6.45) is 5.13. The number of nitrogens with zero attached hydrogens (tertiary/aromatic N) is 3. The highest BCUT2D eigenvalue weighted by molar-refractivity contribution is 9.10. The largest absolute Gasteiger partial charge is 0.367 e. The van der Waals surface area contributed by atoms with Gasteiger partial charge in [-0.2, -0.15) is 0 Å². The fourth-order valence-corrected chi connectivity index (χ4v) is 4.15. The van der Waals surface area contributed by atoms with E-state index in [1.807, 2.05) is 54.9 Å². The van der Waals surface area contributed by atoms with Crippen LogP contribution in [0, 0.1) is 0 Å². The lowest BCUT2D eigenvalue weighted by Gasteiger charge is -2.37. The Labute approximate surface area is 192 Å². The van der Waals surface area contributed by atoms with Crippen LogP contribution in [0.25, 0.3) is 0 Å². The lowest BCUT2D eigenvalue weighted by molar-refractivity contribution is -0.115. The zero-order chi connectivity index (χ0) is 21.5. The van der Waals surface area contributed by atoms with Gasteiger partial charge in [-0.15, -0.1) is 0 Å². The molecule has 6 heteroatoms. The Bertz CT molecular complexity index is 986. The maximum Gasteiger partial charge on any atom is 0.228 e. The molecule has 0 saturated carbocycles. The van der Waals surface area contributed by atoms with Crippen LogP contribution >= 0.6 is 15.9 Å². The number of hydrogen-bond donors (Lipinski definition) is 1. The van der Waals surface area contributed by atoms with Gasteiger partial charge in [0, 0.05) is 49.6 Å². The van der Waals surface area contributed by atoms with Gasteiger partial charge in [-0.25, -0.2) is 0 Å². The van der Waals surface area contributed by atoms with Gasteiger partial charge >= 0.3 is 0 Å². The number of para-hydroxylation sites is 2. The number of carbonyl (C=O) groups is 1. The lowest BCUT2D eigenvalue weighted by atomic mass is 10.1. The smallest absolute Gasteiger partial charge is 0.228 e. The van der Waals surface area contributed by atoms with E-state index in [4.69, 9.17) is 0 Å². The van der Waals surface area contributed by atoms with E-state index < -0.39 is 0 Å². The van der Waals surface area contributed by atoms with Crippen LogP contribution in [0.5, 0.6) is 0 Å². The van der Waals surface area contributed by atoms with E-state index in [0.29, 0.717) is 6.42 Å². The number of piperazine rings is 1. The van der Waals surface area contributed by atoms with E-state index in [-0.39, 0.29) is 5.91 Å². The molecule has 0 unspecified atom stereocenters. The molecule has 4 rings (SSSR count). The number of nitrogens with one attached hydrogen (secondary N) is 1. The molecule has 0 spiro atoms.